The van der Waals surface area contributed by atoms with Gasteiger partial charge in [0.05, 0.1) is 6.20 Å². The number of benzene rings is 2. The van der Waals surface area contributed by atoms with Gasteiger partial charge in [-0.15, -0.1) is 5.10 Å². The molecule has 6 nitrogen and oxygen atoms in total. The van der Waals surface area contributed by atoms with Gasteiger partial charge in [0.2, 0.25) is 11.8 Å². The quantitative estimate of drug-likeness (QED) is 0.542. The zero-order chi connectivity index (χ0) is 18.1. The third-order valence-electron chi connectivity index (χ3n) is 3.66. The molecule has 0 bridgehead atoms. The molecule has 0 spiro atoms. The predicted octanol–water partition coefficient (Wildman–Crippen LogP) is 4.00. The number of halogens is 2. The van der Waals surface area contributed by atoms with Gasteiger partial charge in [0.1, 0.15) is 12.4 Å². The average molecular weight is 372 g/mol. The number of hydrogen-bond acceptors (Lipinski definition) is 5. The topological polar surface area (TPSA) is 74.1 Å². The summed E-state index contributed by atoms with van der Waals surface area (Å²) in [6.07, 6.45) is 1.56. The molecule has 0 saturated heterocycles. The highest BCUT2D eigenvalue weighted by Gasteiger charge is 2.14. The molecule has 8 heteroatoms. The summed E-state index contributed by atoms with van der Waals surface area (Å²) >= 11 is 5.87. The Kier molecular flexibility index (Phi) is 4.14. The summed E-state index contributed by atoms with van der Waals surface area (Å²) in [6, 6.07) is 12.6. The highest BCUT2D eigenvalue weighted by molar-refractivity contribution is 6.30. The molecule has 0 atom stereocenters. The lowest BCUT2D eigenvalue weighted by Gasteiger charge is -1.96. The van der Waals surface area contributed by atoms with Crippen molar-refractivity contribution in [2.75, 3.05) is 0 Å². The van der Waals surface area contributed by atoms with E-state index in [4.69, 9.17) is 20.4 Å². The molecule has 0 aliphatic heterocycles. The molecule has 0 aliphatic carbocycles. The van der Waals surface area contributed by atoms with Crippen LogP contribution in [0.2, 0.25) is 5.02 Å². The fourth-order valence-corrected chi connectivity index (χ4v) is 2.50. The second kappa shape index (κ2) is 6.61. The van der Waals surface area contributed by atoms with Gasteiger partial charge in [0.25, 0.3) is 0 Å². The van der Waals surface area contributed by atoms with Gasteiger partial charge in [0.15, 0.2) is 5.76 Å². The summed E-state index contributed by atoms with van der Waals surface area (Å²) in [5.74, 6) is -0.0944. The molecule has 0 amide bonds. The molecular formula is C18H11ClFN3O3. The van der Waals surface area contributed by atoms with Crippen LogP contribution in [0.1, 0.15) is 5.89 Å². The standard InChI is InChI=1S/C18H11ClFN3O3/c19-13-5-1-11(2-6-13)15-9-21-16(25-15)10-23-18(24)26-17(22-23)12-3-7-14(20)8-4-12/h1-9H,10H2. The van der Waals surface area contributed by atoms with Crippen LogP contribution < -0.4 is 5.76 Å². The SMILES string of the molecule is O=c1oc(-c2ccc(F)cc2)nn1Cc1ncc(-c2ccc(Cl)cc2)o1. The first-order valence-electron chi connectivity index (χ1n) is 7.63. The number of oxazole rings is 1. The van der Waals surface area contributed by atoms with Crippen LogP contribution in [0.3, 0.4) is 0 Å². The Morgan fingerprint density at radius 1 is 1.00 bits per heavy atom. The Hall–Kier alpha value is -3.19. The van der Waals surface area contributed by atoms with Crippen molar-refractivity contribution in [3.05, 3.63) is 82.0 Å². The lowest BCUT2D eigenvalue weighted by molar-refractivity contribution is 0.444. The second-order valence-electron chi connectivity index (χ2n) is 5.46. The van der Waals surface area contributed by atoms with Gasteiger partial charge >= 0.3 is 5.76 Å². The molecule has 26 heavy (non-hydrogen) atoms. The minimum absolute atomic E-state index is 0.0110. The van der Waals surface area contributed by atoms with Crippen LogP contribution in [0, 0.1) is 5.82 Å². The summed E-state index contributed by atoms with van der Waals surface area (Å²) in [7, 11) is 0. The Balaban J connectivity index is 1.57. The minimum Gasteiger partial charge on any atom is -0.439 e. The minimum atomic E-state index is -0.657. The molecule has 2 aromatic heterocycles. The van der Waals surface area contributed by atoms with Crippen molar-refractivity contribution >= 4 is 11.6 Å². The Morgan fingerprint density at radius 2 is 1.69 bits per heavy atom. The first kappa shape index (κ1) is 16.3. The van der Waals surface area contributed by atoms with Crippen molar-refractivity contribution in [2.45, 2.75) is 6.54 Å². The van der Waals surface area contributed by atoms with E-state index in [0.717, 1.165) is 10.2 Å². The van der Waals surface area contributed by atoms with Crippen molar-refractivity contribution < 1.29 is 13.2 Å². The lowest BCUT2D eigenvalue weighted by Crippen LogP contribution is -2.16. The molecule has 0 aliphatic rings. The van der Waals surface area contributed by atoms with Crippen molar-refractivity contribution in [1.82, 2.24) is 14.8 Å². The molecule has 2 aromatic carbocycles. The predicted molar refractivity (Wildman–Crippen MR) is 92.2 cm³/mol. The second-order valence-corrected chi connectivity index (χ2v) is 5.90. The van der Waals surface area contributed by atoms with E-state index in [2.05, 4.69) is 10.1 Å². The van der Waals surface area contributed by atoms with E-state index >= 15 is 0 Å². The van der Waals surface area contributed by atoms with Crippen molar-refractivity contribution in [2.24, 2.45) is 0 Å². The van der Waals surface area contributed by atoms with E-state index in [9.17, 15) is 9.18 Å². The smallest absolute Gasteiger partial charge is 0.437 e. The first-order chi connectivity index (χ1) is 12.6. The number of rotatable bonds is 4. The Labute approximate surface area is 151 Å². The molecule has 0 unspecified atom stereocenters. The first-order valence-corrected chi connectivity index (χ1v) is 8.01. The van der Waals surface area contributed by atoms with E-state index in [1.807, 2.05) is 12.1 Å². The van der Waals surface area contributed by atoms with Gasteiger partial charge in [-0.2, -0.15) is 4.68 Å². The van der Waals surface area contributed by atoms with Crippen LogP contribution >= 0.6 is 11.6 Å². The van der Waals surface area contributed by atoms with Gasteiger partial charge in [-0.05, 0) is 48.5 Å². The van der Waals surface area contributed by atoms with Crippen LogP contribution in [0.25, 0.3) is 22.8 Å². The highest BCUT2D eigenvalue weighted by Crippen LogP contribution is 2.22. The molecule has 130 valence electrons. The van der Waals surface area contributed by atoms with E-state index in [-0.39, 0.29) is 18.3 Å². The maximum Gasteiger partial charge on any atom is 0.437 e. The lowest BCUT2D eigenvalue weighted by atomic mass is 10.2. The number of nitrogens with zero attached hydrogens (tertiary/aromatic N) is 3. The molecular weight excluding hydrogens is 361 g/mol. The summed E-state index contributed by atoms with van der Waals surface area (Å²) in [6.45, 7) is 0.0110. The van der Waals surface area contributed by atoms with E-state index in [0.29, 0.717) is 22.2 Å². The van der Waals surface area contributed by atoms with Crippen molar-refractivity contribution in [3.8, 4) is 22.8 Å². The van der Waals surface area contributed by atoms with E-state index in [1.165, 1.54) is 24.3 Å². The van der Waals surface area contributed by atoms with Gasteiger partial charge in [0, 0.05) is 16.1 Å². The van der Waals surface area contributed by atoms with Gasteiger partial charge < -0.3 is 8.83 Å². The Bertz CT molecular complexity index is 1100. The fraction of sp³-hybridized carbons (Fsp3) is 0.0556. The number of hydrogen-bond donors (Lipinski definition) is 0. The molecule has 0 N–H and O–H groups in total. The molecule has 0 fully saturated rings. The van der Waals surface area contributed by atoms with E-state index in [1.54, 1.807) is 18.3 Å². The van der Waals surface area contributed by atoms with Crippen LogP contribution in [-0.4, -0.2) is 14.8 Å². The van der Waals surface area contributed by atoms with Crippen LogP contribution in [0.15, 0.2) is 68.4 Å². The Morgan fingerprint density at radius 3 is 2.42 bits per heavy atom. The highest BCUT2D eigenvalue weighted by atomic mass is 35.5. The van der Waals surface area contributed by atoms with E-state index < -0.39 is 5.76 Å². The van der Waals surface area contributed by atoms with Gasteiger partial charge in [-0.25, -0.2) is 14.2 Å². The molecule has 2 heterocycles. The van der Waals surface area contributed by atoms with Crippen molar-refractivity contribution in [1.29, 1.82) is 0 Å². The summed E-state index contributed by atoms with van der Waals surface area (Å²) in [4.78, 5) is 16.1. The maximum absolute atomic E-state index is 13.0. The maximum atomic E-state index is 13.0. The number of aromatic nitrogens is 3. The third-order valence-corrected chi connectivity index (χ3v) is 3.92. The average Bonchev–Trinajstić information content (AvgIpc) is 3.24. The normalized spacial score (nSPS) is 11.0. The summed E-state index contributed by atoms with van der Waals surface area (Å²) < 4.78 is 24.8. The zero-order valence-corrected chi connectivity index (χ0v) is 14.0. The van der Waals surface area contributed by atoms with Gasteiger partial charge in [-0.3, -0.25) is 0 Å². The summed E-state index contributed by atoms with van der Waals surface area (Å²) in [5.41, 5.74) is 1.31. The molecule has 0 saturated carbocycles. The molecule has 4 rings (SSSR count). The van der Waals surface area contributed by atoms with Crippen LogP contribution in [0.5, 0.6) is 0 Å². The van der Waals surface area contributed by atoms with Crippen molar-refractivity contribution in [3.63, 3.8) is 0 Å². The van der Waals surface area contributed by atoms with Crippen LogP contribution in [-0.2, 0) is 6.54 Å². The largest absolute Gasteiger partial charge is 0.439 e. The fourth-order valence-electron chi connectivity index (χ4n) is 2.37. The summed E-state index contributed by atoms with van der Waals surface area (Å²) in [5, 5.41) is 4.72. The monoisotopic (exact) mass is 371 g/mol. The van der Waals surface area contributed by atoms with Gasteiger partial charge in [-0.1, -0.05) is 11.6 Å². The molecule has 4 aromatic rings. The zero-order valence-electron chi connectivity index (χ0n) is 13.2. The van der Waals surface area contributed by atoms with Crippen LogP contribution in [0.4, 0.5) is 4.39 Å². The third kappa shape index (κ3) is 3.29. The molecule has 0 radical (unpaired) electrons.